The summed E-state index contributed by atoms with van der Waals surface area (Å²) < 4.78 is 70.7. The van der Waals surface area contributed by atoms with Crippen LogP contribution in [0.4, 0.5) is 27.6 Å². The molecule has 0 saturated carbocycles. The normalized spacial score (nSPS) is 17.6. The second-order valence-electron chi connectivity index (χ2n) is 9.33. The number of thiocarbonyl (C=S) groups is 1. The van der Waals surface area contributed by atoms with Crippen molar-refractivity contribution in [3.63, 3.8) is 0 Å². The van der Waals surface area contributed by atoms with Crippen LogP contribution < -0.4 is 16.0 Å². The molecule has 13 heteroatoms. The number of benzene rings is 1. The van der Waals surface area contributed by atoms with Gasteiger partial charge in [0.15, 0.2) is 10.9 Å². The summed E-state index contributed by atoms with van der Waals surface area (Å²) in [6.07, 6.45) is -2.50. The SMILES string of the molecule is CC1(C)C(=O)N(c2ccc(C#N)c(C(F)(F)F)c2F)C(=S)N1C1=CC(F)=C(CCCC(=O)NCCN)CC1. The van der Waals surface area contributed by atoms with Crippen LogP contribution in [-0.4, -0.2) is 40.5 Å². The average Bonchev–Trinajstić information content (AvgIpc) is 3.01. The fourth-order valence-electron chi connectivity index (χ4n) is 4.50. The Bertz CT molecular complexity index is 1270. The summed E-state index contributed by atoms with van der Waals surface area (Å²) in [5.41, 5.74) is 1.20. The number of halogens is 5. The molecule has 0 spiro atoms. The number of nitrogens with zero attached hydrogens (tertiary/aromatic N) is 3. The number of rotatable bonds is 8. The first-order valence-electron chi connectivity index (χ1n) is 11.8. The van der Waals surface area contributed by atoms with Crippen LogP contribution in [0, 0.1) is 17.1 Å². The number of alkyl halides is 3. The Kier molecular flexibility index (Phi) is 8.58. The Morgan fingerprint density at radius 2 is 1.95 bits per heavy atom. The van der Waals surface area contributed by atoms with Crippen molar-refractivity contribution < 1.29 is 31.5 Å². The van der Waals surface area contributed by atoms with E-state index in [1.165, 1.54) is 30.9 Å². The zero-order chi connectivity index (χ0) is 28.4. The fourth-order valence-corrected chi connectivity index (χ4v) is 5.03. The molecule has 1 aromatic carbocycles. The second-order valence-corrected chi connectivity index (χ2v) is 9.69. The van der Waals surface area contributed by atoms with E-state index in [-0.39, 0.29) is 30.3 Å². The Morgan fingerprint density at radius 1 is 1.26 bits per heavy atom. The van der Waals surface area contributed by atoms with Gasteiger partial charge in [0, 0.05) is 25.2 Å². The lowest BCUT2D eigenvalue weighted by molar-refractivity contribution is -0.140. The molecule has 3 N–H and O–H groups in total. The highest BCUT2D eigenvalue weighted by Gasteiger charge is 2.52. The maximum absolute atomic E-state index is 15.1. The molecule has 2 amide bonds. The minimum atomic E-state index is -5.19. The Labute approximate surface area is 221 Å². The highest BCUT2D eigenvalue weighted by molar-refractivity contribution is 7.80. The van der Waals surface area contributed by atoms with Gasteiger partial charge in [-0.25, -0.2) is 8.78 Å². The van der Waals surface area contributed by atoms with Crippen LogP contribution in [0.25, 0.3) is 0 Å². The molecule has 2 aliphatic rings. The number of hydrogen-bond acceptors (Lipinski definition) is 5. The first kappa shape index (κ1) is 29.2. The van der Waals surface area contributed by atoms with Gasteiger partial charge in [-0.2, -0.15) is 18.4 Å². The molecule has 0 radical (unpaired) electrons. The number of nitrogens with two attached hydrogens (primary N) is 1. The lowest BCUT2D eigenvalue weighted by atomic mass is 9.94. The number of carbonyl (C=O) groups is 2. The Hall–Kier alpha value is -3.37. The van der Waals surface area contributed by atoms with E-state index in [9.17, 15) is 22.8 Å². The van der Waals surface area contributed by atoms with Crippen molar-refractivity contribution in [2.45, 2.75) is 57.7 Å². The molecule has 0 unspecified atom stereocenters. The molecule has 0 bridgehead atoms. The number of carbonyl (C=O) groups excluding carboxylic acids is 2. The van der Waals surface area contributed by atoms with E-state index in [1.54, 1.807) is 0 Å². The van der Waals surface area contributed by atoms with E-state index >= 15 is 8.78 Å². The third-order valence-corrected chi connectivity index (χ3v) is 6.75. The lowest BCUT2D eigenvalue weighted by Crippen LogP contribution is -2.43. The molecular formula is C25H26F5N5O2S. The van der Waals surface area contributed by atoms with Gasteiger partial charge < -0.3 is 16.0 Å². The first-order chi connectivity index (χ1) is 17.7. The van der Waals surface area contributed by atoms with Crippen molar-refractivity contribution in [3.8, 4) is 6.07 Å². The maximum atomic E-state index is 15.1. The standard InChI is InChI=1S/C25H26F5N5O2S/c1-24(2)22(37)34(18-9-7-15(13-32)20(21(18)27)25(28,29)30)23(38)35(24)16-8-6-14(17(26)12-16)4-3-5-19(36)33-11-10-31/h7,9,12H,3-6,8,10-11,31H2,1-2H3,(H,33,36). The van der Waals surface area contributed by atoms with Gasteiger partial charge in [0.05, 0.1) is 17.3 Å². The van der Waals surface area contributed by atoms with Crippen molar-refractivity contribution >= 4 is 34.8 Å². The van der Waals surface area contributed by atoms with Gasteiger partial charge in [0.2, 0.25) is 5.91 Å². The van der Waals surface area contributed by atoms with Crippen molar-refractivity contribution in [2.75, 3.05) is 18.0 Å². The molecule has 7 nitrogen and oxygen atoms in total. The topological polar surface area (TPSA) is 102 Å². The van der Waals surface area contributed by atoms with Gasteiger partial charge >= 0.3 is 6.18 Å². The summed E-state index contributed by atoms with van der Waals surface area (Å²) in [5, 5.41) is 11.3. The molecule has 204 valence electrons. The predicted molar refractivity (Wildman–Crippen MR) is 133 cm³/mol. The van der Waals surface area contributed by atoms with Crippen LogP contribution >= 0.6 is 12.2 Å². The van der Waals surface area contributed by atoms with Gasteiger partial charge in [-0.15, -0.1) is 0 Å². The van der Waals surface area contributed by atoms with Crippen LogP contribution in [0.5, 0.6) is 0 Å². The molecule has 1 saturated heterocycles. The highest BCUT2D eigenvalue weighted by Crippen LogP contribution is 2.43. The maximum Gasteiger partial charge on any atom is 0.420 e. The van der Waals surface area contributed by atoms with E-state index < -0.39 is 46.1 Å². The molecule has 1 heterocycles. The average molecular weight is 556 g/mol. The Morgan fingerprint density at radius 3 is 2.53 bits per heavy atom. The number of nitriles is 1. The summed E-state index contributed by atoms with van der Waals surface area (Å²) in [7, 11) is 0. The van der Waals surface area contributed by atoms with Gasteiger partial charge in [-0.05, 0) is 75.5 Å². The summed E-state index contributed by atoms with van der Waals surface area (Å²) in [6.45, 7) is 3.57. The third-order valence-electron chi connectivity index (χ3n) is 6.38. The van der Waals surface area contributed by atoms with Gasteiger partial charge in [0.25, 0.3) is 5.91 Å². The molecule has 38 heavy (non-hydrogen) atoms. The quantitative estimate of drug-likeness (QED) is 0.360. The minimum absolute atomic E-state index is 0.185. The molecule has 1 fully saturated rings. The molecule has 0 aromatic heterocycles. The van der Waals surface area contributed by atoms with Crippen molar-refractivity contribution in [1.82, 2.24) is 10.2 Å². The van der Waals surface area contributed by atoms with Crippen LogP contribution in [0.2, 0.25) is 0 Å². The highest BCUT2D eigenvalue weighted by atomic mass is 32.1. The van der Waals surface area contributed by atoms with Crippen molar-refractivity contribution in [3.05, 3.63) is 52.2 Å². The fraction of sp³-hybridized carbons (Fsp3) is 0.440. The molecule has 1 aromatic rings. The number of amides is 2. The van der Waals surface area contributed by atoms with E-state index in [2.05, 4.69) is 5.32 Å². The Balaban J connectivity index is 1.89. The predicted octanol–water partition coefficient (Wildman–Crippen LogP) is 4.57. The summed E-state index contributed by atoms with van der Waals surface area (Å²) >= 11 is 5.40. The van der Waals surface area contributed by atoms with Gasteiger partial charge in [0.1, 0.15) is 16.9 Å². The van der Waals surface area contributed by atoms with Crippen LogP contribution in [0.1, 0.15) is 57.1 Å². The van der Waals surface area contributed by atoms with Crippen molar-refractivity contribution in [1.29, 1.82) is 5.26 Å². The summed E-state index contributed by atoms with van der Waals surface area (Å²) in [5.74, 6) is -3.35. The number of hydrogen-bond donors (Lipinski definition) is 2. The first-order valence-corrected chi connectivity index (χ1v) is 12.2. The molecule has 1 aliphatic carbocycles. The molecular weight excluding hydrogens is 529 g/mol. The van der Waals surface area contributed by atoms with E-state index in [4.69, 9.17) is 23.2 Å². The zero-order valence-corrected chi connectivity index (χ0v) is 21.5. The van der Waals surface area contributed by atoms with Crippen LogP contribution in [0.15, 0.2) is 35.3 Å². The van der Waals surface area contributed by atoms with Crippen molar-refractivity contribution in [2.24, 2.45) is 5.73 Å². The van der Waals surface area contributed by atoms with E-state index in [0.717, 1.165) is 12.1 Å². The van der Waals surface area contributed by atoms with Crippen LogP contribution in [-0.2, 0) is 15.8 Å². The number of nitrogens with one attached hydrogen (secondary N) is 1. The smallest absolute Gasteiger partial charge is 0.355 e. The molecule has 1 aliphatic heterocycles. The monoisotopic (exact) mass is 555 g/mol. The van der Waals surface area contributed by atoms with Gasteiger partial charge in [-0.3, -0.25) is 14.5 Å². The summed E-state index contributed by atoms with van der Waals surface area (Å²) in [4.78, 5) is 27.0. The molecule has 3 rings (SSSR count). The van der Waals surface area contributed by atoms with Crippen LogP contribution in [0.3, 0.4) is 0 Å². The van der Waals surface area contributed by atoms with E-state index in [1.807, 2.05) is 0 Å². The largest absolute Gasteiger partial charge is 0.420 e. The minimum Gasteiger partial charge on any atom is -0.355 e. The zero-order valence-electron chi connectivity index (χ0n) is 20.7. The molecule has 0 atom stereocenters. The summed E-state index contributed by atoms with van der Waals surface area (Å²) in [6, 6.07) is 2.98. The van der Waals surface area contributed by atoms with Gasteiger partial charge in [-0.1, -0.05) is 0 Å². The number of allylic oxidation sites excluding steroid dienone is 4. The third kappa shape index (κ3) is 5.56. The van der Waals surface area contributed by atoms with E-state index in [0.29, 0.717) is 42.1 Å². The lowest BCUT2D eigenvalue weighted by Gasteiger charge is -2.33. The number of anilines is 1. The second kappa shape index (κ2) is 11.2.